The molecule has 0 radical (unpaired) electrons. The number of benzene rings is 1. The normalized spacial score (nSPS) is 16.3. The minimum atomic E-state index is -3.62. The van der Waals surface area contributed by atoms with Gasteiger partial charge in [0.25, 0.3) is 0 Å². The summed E-state index contributed by atoms with van der Waals surface area (Å²) in [5.74, 6) is -0.240. The van der Waals surface area contributed by atoms with Gasteiger partial charge in [-0.05, 0) is 32.0 Å². The fourth-order valence-electron chi connectivity index (χ4n) is 2.60. The van der Waals surface area contributed by atoms with E-state index >= 15 is 0 Å². The van der Waals surface area contributed by atoms with Gasteiger partial charge >= 0.3 is 0 Å². The van der Waals surface area contributed by atoms with Gasteiger partial charge in [0.05, 0.1) is 23.4 Å². The van der Waals surface area contributed by atoms with E-state index in [1.807, 2.05) is 6.92 Å². The Morgan fingerprint density at radius 2 is 2.10 bits per heavy atom. The number of morpholine rings is 1. The average molecular weight is 458 g/mol. The van der Waals surface area contributed by atoms with Crippen molar-refractivity contribution in [3.8, 4) is 0 Å². The molecule has 1 aromatic carbocycles. The second-order valence-electron chi connectivity index (χ2n) is 6.20. The number of ether oxygens (including phenoxy) is 1. The van der Waals surface area contributed by atoms with Crippen LogP contribution < -0.4 is 10.6 Å². The number of anilines is 2. The molecule has 0 saturated carbocycles. The standard InChI is InChI=1S/C17H23N5O4S3/c1-3-18-16-20-21-17(28-16)27-12(2)15(23)19-13-5-4-6-14(11-13)29(24,25)22-7-9-26-10-8-22/h4-6,11-12H,3,7-10H2,1-2H3,(H,18,20)(H,19,23)/t12-/m0/s1. The van der Waals surface area contributed by atoms with Crippen LogP contribution in [0.15, 0.2) is 33.5 Å². The maximum absolute atomic E-state index is 12.8. The molecular formula is C17H23N5O4S3. The summed E-state index contributed by atoms with van der Waals surface area (Å²) in [4.78, 5) is 12.7. The number of amides is 1. The van der Waals surface area contributed by atoms with Gasteiger partial charge in [-0.25, -0.2) is 8.42 Å². The summed E-state index contributed by atoms with van der Waals surface area (Å²) >= 11 is 2.69. The average Bonchev–Trinajstić information content (AvgIpc) is 3.16. The van der Waals surface area contributed by atoms with Crippen molar-refractivity contribution in [3.63, 3.8) is 0 Å². The number of carbonyl (C=O) groups excluding carboxylic acids is 1. The van der Waals surface area contributed by atoms with Crippen LogP contribution in [0.25, 0.3) is 0 Å². The van der Waals surface area contributed by atoms with Crippen LogP contribution in [0.5, 0.6) is 0 Å². The molecule has 1 aliphatic heterocycles. The Balaban J connectivity index is 1.64. The summed E-state index contributed by atoms with van der Waals surface area (Å²) in [6.07, 6.45) is 0. The van der Waals surface area contributed by atoms with Crippen LogP contribution in [0.4, 0.5) is 10.8 Å². The lowest BCUT2D eigenvalue weighted by atomic mass is 10.3. The third-order valence-electron chi connectivity index (χ3n) is 4.09. The monoisotopic (exact) mass is 457 g/mol. The van der Waals surface area contributed by atoms with E-state index in [4.69, 9.17) is 4.74 Å². The highest BCUT2D eigenvalue weighted by molar-refractivity contribution is 8.02. The first-order valence-electron chi connectivity index (χ1n) is 9.13. The van der Waals surface area contributed by atoms with Crippen LogP contribution in [0.3, 0.4) is 0 Å². The predicted octanol–water partition coefficient (Wildman–Crippen LogP) is 2.11. The zero-order chi connectivity index (χ0) is 20.9. The van der Waals surface area contributed by atoms with Crippen LogP contribution in [0.1, 0.15) is 13.8 Å². The van der Waals surface area contributed by atoms with E-state index in [1.165, 1.54) is 39.5 Å². The van der Waals surface area contributed by atoms with E-state index in [9.17, 15) is 13.2 Å². The first-order chi connectivity index (χ1) is 13.9. The maximum atomic E-state index is 12.8. The zero-order valence-corrected chi connectivity index (χ0v) is 18.6. The Morgan fingerprint density at radius 1 is 1.34 bits per heavy atom. The van der Waals surface area contributed by atoms with Gasteiger partial charge in [-0.1, -0.05) is 29.2 Å². The van der Waals surface area contributed by atoms with E-state index in [0.717, 1.165) is 6.54 Å². The van der Waals surface area contributed by atoms with E-state index in [-0.39, 0.29) is 10.8 Å². The van der Waals surface area contributed by atoms with Crippen LogP contribution in [-0.2, 0) is 19.6 Å². The SMILES string of the molecule is CCNc1nnc(S[C@@H](C)C(=O)Nc2cccc(S(=O)(=O)N3CCOCC3)c2)s1. The molecule has 158 valence electrons. The van der Waals surface area contributed by atoms with Gasteiger partial charge in [0.1, 0.15) is 0 Å². The molecule has 1 saturated heterocycles. The topological polar surface area (TPSA) is 114 Å². The zero-order valence-electron chi connectivity index (χ0n) is 16.1. The Bertz CT molecular complexity index is 944. The summed E-state index contributed by atoms with van der Waals surface area (Å²) in [5.41, 5.74) is 0.433. The van der Waals surface area contributed by atoms with Crippen molar-refractivity contribution in [1.29, 1.82) is 0 Å². The number of sulfonamides is 1. The van der Waals surface area contributed by atoms with Crippen LogP contribution in [-0.4, -0.2) is 66.9 Å². The highest BCUT2D eigenvalue weighted by Crippen LogP contribution is 2.29. The molecule has 1 amide bonds. The number of aromatic nitrogens is 2. The second kappa shape index (κ2) is 9.85. The predicted molar refractivity (Wildman–Crippen MR) is 114 cm³/mol. The van der Waals surface area contributed by atoms with Gasteiger partial charge < -0.3 is 15.4 Å². The summed E-state index contributed by atoms with van der Waals surface area (Å²) in [6, 6.07) is 6.30. The number of hydrogen-bond donors (Lipinski definition) is 2. The van der Waals surface area contributed by atoms with Crippen LogP contribution in [0, 0.1) is 0 Å². The van der Waals surface area contributed by atoms with Crippen molar-refractivity contribution in [2.75, 3.05) is 43.5 Å². The second-order valence-corrected chi connectivity index (χ2v) is 10.7. The number of thioether (sulfide) groups is 1. The van der Waals surface area contributed by atoms with Gasteiger partial charge in [0.15, 0.2) is 4.34 Å². The highest BCUT2D eigenvalue weighted by atomic mass is 32.2. The van der Waals surface area contributed by atoms with Crippen molar-refractivity contribution < 1.29 is 17.9 Å². The van der Waals surface area contributed by atoms with E-state index < -0.39 is 15.3 Å². The van der Waals surface area contributed by atoms with E-state index in [2.05, 4.69) is 20.8 Å². The van der Waals surface area contributed by atoms with E-state index in [0.29, 0.717) is 41.5 Å². The summed E-state index contributed by atoms with van der Waals surface area (Å²) in [7, 11) is -3.62. The first-order valence-corrected chi connectivity index (χ1v) is 12.3. The Kier molecular flexibility index (Phi) is 7.46. The molecule has 1 aliphatic rings. The highest BCUT2D eigenvalue weighted by Gasteiger charge is 2.26. The summed E-state index contributed by atoms with van der Waals surface area (Å²) in [6.45, 7) is 5.89. The van der Waals surface area contributed by atoms with Crippen molar-refractivity contribution in [2.24, 2.45) is 0 Å². The third kappa shape index (κ3) is 5.66. The number of rotatable bonds is 8. The molecule has 12 heteroatoms. The van der Waals surface area contributed by atoms with Crippen LogP contribution in [0.2, 0.25) is 0 Å². The van der Waals surface area contributed by atoms with Gasteiger partial charge in [-0.2, -0.15) is 4.31 Å². The van der Waals surface area contributed by atoms with Crippen molar-refractivity contribution >= 4 is 49.8 Å². The van der Waals surface area contributed by atoms with Gasteiger partial charge in [0.2, 0.25) is 21.1 Å². The fourth-order valence-corrected chi connectivity index (χ4v) is 6.02. The molecule has 1 atom stereocenters. The summed E-state index contributed by atoms with van der Waals surface area (Å²) < 4.78 is 32.9. The molecule has 0 spiro atoms. The Hall–Kier alpha value is -1.73. The molecule has 2 heterocycles. The van der Waals surface area contributed by atoms with Gasteiger partial charge in [-0.15, -0.1) is 10.2 Å². The first kappa shape index (κ1) is 22.0. The molecule has 0 unspecified atom stereocenters. The molecule has 2 N–H and O–H groups in total. The van der Waals surface area contributed by atoms with E-state index in [1.54, 1.807) is 19.1 Å². The third-order valence-corrected chi connectivity index (χ3v) is 8.05. The molecule has 9 nitrogen and oxygen atoms in total. The number of hydrogen-bond acceptors (Lipinski definition) is 9. The summed E-state index contributed by atoms with van der Waals surface area (Å²) in [5, 5.41) is 14.2. The van der Waals surface area contributed by atoms with Crippen molar-refractivity contribution in [1.82, 2.24) is 14.5 Å². The molecule has 29 heavy (non-hydrogen) atoms. The van der Waals surface area contributed by atoms with Crippen molar-refractivity contribution in [2.45, 2.75) is 28.3 Å². The lowest BCUT2D eigenvalue weighted by molar-refractivity contribution is -0.115. The maximum Gasteiger partial charge on any atom is 0.243 e. The Morgan fingerprint density at radius 3 is 2.83 bits per heavy atom. The number of nitrogens with zero attached hydrogens (tertiary/aromatic N) is 3. The molecule has 0 bridgehead atoms. The fraction of sp³-hybridized carbons (Fsp3) is 0.471. The van der Waals surface area contributed by atoms with Crippen molar-refractivity contribution in [3.05, 3.63) is 24.3 Å². The largest absolute Gasteiger partial charge is 0.379 e. The number of nitrogens with one attached hydrogen (secondary N) is 2. The van der Waals surface area contributed by atoms with Gasteiger partial charge in [0, 0.05) is 25.3 Å². The molecule has 1 aromatic heterocycles. The molecule has 1 fully saturated rings. The smallest absolute Gasteiger partial charge is 0.243 e. The molecule has 0 aliphatic carbocycles. The lowest BCUT2D eigenvalue weighted by Gasteiger charge is -2.26. The minimum absolute atomic E-state index is 0.150. The molecule has 2 aromatic rings. The van der Waals surface area contributed by atoms with Crippen LogP contribution >= 0.6 is 23.1 Å². The molecular weight excluding hydrogens is 434 g/mol. The quantitative estimate of drug-likeness (QED) is 0.580. The molecule has 3 rings (SSSR count). The Labute approximate surface area is 178 Å². The van der Waals surface area contributed by atoms with Gasteiger partial charge in [-0.3, -0.25) is 4.79 Å². The minimum Gasteiger partial charge on any atom is -0.379 e. The number of carbonyl (C=O) groups is 1. The lowest BCUT2D eigenvalue weighted by Crippen LogP contribution is -2.40.